The van der Waals surface area contributed by atoms with Crippen molar-refractivity contribution in [3.05, 3.63) is 35.6 Å². The summed E-state index contributed by atoms with van der Waals surface area (Å²) in [6.07, 6.45) is 1.71. The summed E-state index contributed by atoms with van der Waals surface area (Å²) >= 11 is 1.75. The van der Waals surface area contributed by atoms with E-state index < -0.39 is 5.60 Å². The lowest BCUT2D eigenvalue weighted by Gasteiger charge is -2.34. The van der Waals surface area contributed by atoms with Crippen LogP contribution in [0.25, 0.3) is 0 Å². The van der Waals surface area contributed by atoms with Gasteiger partial charge in [0.05, 0.1) is 5.60 Å². The monoisotopic (exact) mass is 226 g/mol. The van der Waals surface area contributed by atoms with Crippen LogP contribution in [0.1, 0.15) is 25.3 Å². The standard InChI is InChI=1S/C12H15FOS/c1-9-5-6-12(14,8-15-9)10-3-2-4-11(13)7-10/h2-4,7,9,14H,5-6,8H2,1H3/t9-,12-/m1/s1. The Morgan fingerprint density at radius 3 is 2.93 bits per heavy atom. The molecule has 82 valence electrons. The summed E-state index contributed by atoms with van der Waals surface area (Å²) in [5, 5.41) is 11.0. The van der Waals surface area contributed by atoms with Gasteiger partial charge in [0.15, 0.2) is 0 Å². The first-order valence-electron chi connectivity index (χ1n) is 5.20. The molecule has 1 N–H and O–H groups in total. The maximum atomic E-state index is 13.1. The molecule has 0 radical (unpaired) electrons. The van der Waals surface area contributed by atoms with Crippen molar-refractivity contribution in [2.45, 2.75) is 30.6 Å². The maximum Gasteiger partial charge on any atom is 0.123 e. The highest BCUT2D eigenvalue weighted by Crippen LogP contribution is 2.38. The van der Waals surface area contributed by atoms with Crippen LogP contribution in [0, 0.1) is 5.82 Å². The summed E-state index contributed by atoms with van der Waals surface area (Å²) in [7, 11) is 0. The van der Waals surface area contributed by atoms with Gasteiger partial charge < -0.3 is 5.11 Å². The molecule has 2 rings (SSSR count). The van der Waals surface area contributed by atoms with E-state index in [9.17, 15) is 9.50 Å². The van der Waals surface area contributed by atoms with Gasteiger partial charge in [-0.05, 0) is 30.5 Å². The molecule has 2 atom stereocenters. The van der Waals surface area contributed by atoms with Crippen LogP contribution in [0.5, 0.6) is 0 Å². The van der Waals surface area contributed by atoms with Gasteiger partial charge in [-0.1, -0.05) is 19.1 Å². The fourth-order valence-electron chi connectivity index (χ4n) is 1.88. The van der Waals surface area contributed by atoms with Gasteiger partial charge in [0.2, 0.25) is 0 Å². The van der Waals surface area contributed by atoms with Crippen molar-refractivity contribution in [1.82, 2.24) is 0 Å². The van der Waals surface area contributed by atoms with Crippen molar-refractivity contribution in [2.75, 3.05) is 5.75 Å². The SMILES string of the molecule is C[C@@H]1CC[C@](O)(c2cccc(F)c2)CS1. The molecule has 1 nitrogen and oxygen atoms in total. The second-order valence-corrected chi connectivity index (χ2v) is 5.63. The van der Waals surface area contributed by atoms with Crippen LogP contribution in [-0.2, 0) is 5.60 Å². The zero-order valence-electron chi connectivity index (χ0n) is 8.74. The normalized spacial score (nSPS) is 31.5. The number of thioether (sulfide) groups is 1. The Morgan fingerprint density at radius 1 is 1.53 bits per heavy atom. The smallest absolute Gasteiger partial charge is 0.123 e. The van der Waals surface area contributed by atoms with E-state index in [2.05, 4.69) is 6.92 Å². The molecule has 1 aromatic rings. The molecule has 0 aliphatic carbocycles. The third kappa shape index (κ3) is 2.34. The molecule has 0 amide bonds. The third-order valence-electron chi connectivity index (χ3n) is 2.93. The van der Waals surface area contributed by atoms with Gasteiger partial charge >= 0.3 is 0 Å². The molecule has 1 aromatic carbocycles. The third-order valence-corrected chi connectivity index (χ3v) is 4.38. The summed E-state index contributed by atoms with van der Waals surface area (Å²) < 4.78 is 13.1. The predicted molar refractivity (Wildman–Crippen MR) is 61.5 cm³/mol. The van der Waals surface area contributed by atoms with Crippen LogP contribution in [0.3, 0.4) is 0 Å². The molecule has 0 bridgehead atoms. The molecule has 15 heavy (non-hydrogen) atoms. The molecule has 1 heterocycles. The number of hydrogen-bond donors (Lipinski definition) is 1. The maximum absolute atomic E-state index is 13.1. The fourth-order valence-corrected chi connectivity index (χ4v) is 3.04. The lowest BCUT2D eigenvalue weighted by molar-refractivity contribution is 0.0468. The summed E-state index contributed by atoms with van der Waals surface area (Å²) in [6.45, 7) is 2.16. The van der Waals surface area contributed by atoms with Crippen molar-refractivity contribution >= 4 is 11.8 Å². The van der Waals surface area contributed by atoms with Gasteiger partial charge in [-0.25, -0.2) is 4.39 Å². The first-order chi connectivity index (χ1) is 7.10. The summed E-state index contributed by atoms with van der Waals surface area (Å²) in [5.41, 5.74) is -0.124. The van der Waals surface area contributed by atoms with Crippen LogP contribution in [-0.4, -0.2) is 16.1 Å². The Balaban J connectivity index is 2.22. The Labute approximate surface area is 93.7 Å². The number of rotatable bonds is 1. The highest BCUT2D eigenvalue weighted by atomic mass is 32.2. The summed E-state index contributed by atoms with van der Waals surface area (Å²) in [4.78, 5) is 0. The topological polar surface area (TPSA) is 20.2 Å². The summed E-state index contributed by atoms with van der Waals surface area (Å²) in [5.74, 6) is 0.391. The van der Waals surface area contributed by atoms with Crippen molar-refractivity contribution in [3.8, 4) is 0 Å². The molecule has 1 saturated heterocycles. The van der Waals surface area contributed by atoms with E-state index in [1.54, 1.807) is 23.9 Å². The lowest BCUT2D eigenvalue weighted by atomic mass is 9.90. The second-order valence-electron chi connectivity index (χ2n) is 4.20. The molecule has 1 fully saturated rings. The minimum atomic E-state index is -0.834. The molecule has 0 spiro atoms. The molecular formula is C12H15FOS. The van der Waals surface area contributed by atoms with Crippen LogP contribution in [0.4, 0.5) is 4.39 Å². The molecule has 0 aromatic heterocycles. The van der Waals surface area contributed by atoms with Crippen molar-refractivity contribution in [2.24, 2.45) is 0 Å². The van der Waals surface area contributed by atoms with Crippen LogP contribution in [0.15, 0.2) is 24.3 Å². The van der Waals surface area contributed by atoms with Crippen LogP contribution < -0.4 is 0 Å². The van der Waals surface area contributed by atoms with Crippen molar-refractivity contribution in [3.63, 3.8) is 0 Å². The predicted octanol–water partition coefficient (Wildman–Crippen LogP) is 2.93. The van der Waals surface area contributed by atoms with E-state index in [1.165, 1.54) is 12.1 Å². The average Bonchev–Trinajstić information content (AvgIpc) is 2.23. The highest BCUT2D eigenvalue weighted by Gasteiger charge is 2.34. The van der Waals surface area contributed by atoms with E-state index in [4.69, 9.17) is 0 Å². The Hall–Kier alpha value is -0.540. The zero-order chi connectivity index (χ0) is 10.9. The molecule has 1 aliphatic heterocycles. The molecule has 0 unspecified atom stereocenters. The summed E-state index contributed by atoms with van der Waals surface area (Å²) in [6, 6.07) is 6.31. The second kappa shape index (κ2) is 4.14. The minimum Gasteiger partial charge on any atom is -0.384 e. The lowest BCUT2D eigenvalue weighted by Crippen LogP contribution is -2.34. The van der Waals surface area contributed by atoms with Gasteiger partial charge in [0.25, 0.3) is 0 Å². The van der Waals surface area contributed by atoms with E-state index in [0.717, 1.165) is 12.8 Å². The van der Waals surface area contributed by atoms with Gasteiger partial charge in [0, 0.05) is 11.0 Å². The van der Waals surface area contributed by atoms with Crippen molar-refractivity contribution in [1.29, 1.82) is 0 Å². The Kier molecular flexibility index (Phi) is 3.03. The van der Waals surface area contributed by atoms with Crippen LogP contribution in [0.2, 0.25) is 0 Å². The first kappa shape index (κ1) is 11.0. The number of benzene rings is 1. The van der Waals surface area contributed by atoms with Gasteiger partial charge in [0.1, 0.15) is 5.82 Å². The highest BCUT2D eigenvalue weighted by molar-refractivity contribution is 7.99. The Morgan fingerprint density at radius 2 is 2.33 bits per heavy atom. The van der Waals surface area contributed by atoms with Gasteiger partial charge in [-0.15, -0.1) is 0 Å². The molecule has 0 saturated carbocycles. The molecular weight excluding hydrogens is 211 g/mol. The Bertz CT molecular complexity index is 345. The zero-order valence-corrected chi connectivity index (χ0v) is 9.56. The number of hydrogen-bond acceptors (Lipinski definition) is 2. The van der Waals surface area contributed by atoms with Gasteiger partial charge in [-0.2, -0.15) is 11.8 Å². The van der Waals surface area contributed by atoms with E-state index >= 15 is 0 Å². The molecule has 3 heteroatoms. The molecule has 1 aliphatic rings. The van der Waals surface area contributed by atoms with Crippen molar-refractivity contribution < 1.29 is 9.50 Å². The first-order valence-corrected chi connectivity index (χ1v) is 6.25. The van der Waals surface area contributed by atoms with E-state index in [1.807, 2.05) is 0 Å². The number of halogens is 1. The number of aliphatic hydroxyl groups is 1. The van der Waals surface area contributed by atoms with Crippen LogP contribution >= 0.6 is 11.8 Å². The van der Waals surface area contributed by atoms with E-state index in [-0.39, 0.29) is 5.82 Å². The largest absolute Gasteiger partial charge is 0.384 e. The van der Waals surface area contributed by atoms with Gasteiger partial charge in [-0.3, -0.25) is 0 Å². The average molecular weight is 226 g/mol. The quantitative estimate of drug-likeness (QED) is 0.794. The fraction of sp³-hybridized carbons (Fsp3) is 0.500. The minimum absolute atomic E-state index is 0.274. The van der Waals surface area contributed by atoms with E-state index in [0.29, 0.717) is 16.6 Å².